The fourth-order valence-electron chi connectivity index (χ4n) is 5.38. The Morgan fingerprint density at radius 3 is 2.21 bits per heavy atom. The van der Waals surface area contributed by atoms with Crippen molar-refractivity contribution in [2.45, 2.75) is 46.1 Å². The fourth-order valence-corrected chi connectivity index (χ4v) is 5.38. The molecule has 5 nitrogen and oxygen atoms in total. The molecule has 1 atom stereocenters. The van der Waals surface area contributed by atoms with Gasteiger partial charge in [-0.1, -0.05) is 86.6 Å². The lowest BCUT2D eigenvalue weighted by Gasteiger charge is -2.20. The summed E-state index contributed by atoms with van der Waals surface area (Å²) in [5.74, 6) is 0.786. The summed E-state index contributed by atoms with van der Waals surface area (Å²) in [6.07, 6.45) is 6.02. The molecule has 6 rings (SSSR count). The summed E-state index contributed by atoms with van der Waals surface area (Å²) in [5.41, 5.74) is 10.6. The Bertz CT molecular complexity index is 1680. The zero-order valence-electron chi connectivity index (χ0n) is 23.0. The predicted molar refractivity (Wildman–Crippen MR) is 157 cm³/mol. The van der Waals surface area contributed by atoms with Gasteiger partial charge in [0, 0.05) is 35.3 Å². The second-order valence-corrected chi connectivity index (χ2v) is 11.1. The highest BCUT2D eigenvalue weighted by Gasteiger charge is 2.24. The van der Waals surface area contributed by atoms with E-state index in [1.54, 1.807) is 0 Å². The maximum absolute atomic E-state index is 5.50. The third kappa shape index (κ3) is 4.54. The van der Waals surface area contributed by atoms with Gasteiger partial charge in [-0.05, 0) is 54.2 Å². The summed E-state index contributed by atoms with van der Waals surface area (Å²) >= 11 is 0. The van der Waals surface area contributed by atoms with E-state index in [2.05, 4.69) is 97.4 Å². The molecule has 0 aliphatic heterocycles. The number of fused-ring (bicyclic) bond motifs is 1. The molecule has 4 heterocycles. The molecule has 0 fully saturated rings. The summed E-state index contributed by atoms with van der Waals surface area (Å²) in [6.45, 7) is 10.6. The molecule has 0 aliphatic rings. The van der Waals surface area contributed by atoms with Crippen LogP contribution < -0.4 is 0 Å². The van der Waals surface area contributed by atoms with Gasteiger partial charge in [-0.2, -0.15) is 0 Å². The molecule has 6 aromatic rings. The van der Waals surface area contributed by atoms with Gasteiger partial charge in [-0.15, -0.1) is 0 Å². The van der Waals surface area contributed by atoms with Gasteiger partial charge >= 0.3 is 0 Å². The Morgan fingerprint density at radius 1 is 0.821 bits per heavy atom. The smallest absolute Gasteiger partial charge is 0.141 e. The molecule has 0 amide bonds. The van der Waals surface area contributed by atoms with Crippen LogP contribution in [0.1, 0.15) is 55.1 Å². The van der Waals surface area contributed by atoms with Crippen LogP contribution in [0.4, 0.5) is 0 Å². The minimum absolute atomic E-state index is 0.0887. The Morgan fingerprint density at radius 2 is 1.56 bits per heavy atom. The van der Waals surface area contributed by atoms with E-state index in [1.807, 2.05) is 44.4 Å². The molecule has 0 spiro atoms. The van der Waals surface area contributed by atoms with Crippen molar-refractivity contribution in [2.24, 2.45) is 0 Å². The average molecular weight is 513 g/mol. The molecule has 0 bridgehead atoms. The first-order chi connectivity index (χ1) is 18.8. The van der Waals surface area contributed by atoms with Gasteiger partial charge in [0.1, 0.15) is 11.8 Å². The molecule has 0 radical (unpaired) electrons. The fraction of sp³-hybridized carbons (Fsp3) is 0.206. The van der Waals surface area contributed by atoms with Gasteiger partial charge in [-0.3, -0.25) is 9.97 Å². The van der Waals surface area contributed by atoms with E-state index in [1.165, 1.54) is 5.56 Å². The van der Waals surface area contributed by atoms with Crippen LogP contribution in [0.5, 0.6) is 0 Å². The SMILES string of the molecule is Cc1noc(C)c1-c1cnc2c(-c3ccc(C(C)(C)C)cc3)cn([C@@H](c3ccccc3)c3ccccn3)c2c1. The van der Waals surface area contributed by atoms with Crippen LogP contribution in [0.25, 0.3) is 33.3 Å². The van der Waals surface area contributed by atoms with Crippen LogP contribution in [0.3, 0.4) is 0 Å². The Kier molecular flexibility index (Phi) is 6.15. The van der Waals surface area contributed by atoms with Crippen molar-refractivity contribution in [1.82, 2.24) is 19.7 Å². The van der Waals surface area contributed by atoms with E-state index in [0.717, 1.165) is 56.0 Å². The van der Waals surface area contributed by atoms with E-state index in [9.17, 15) is 0 Å². The van der Waals surface area contributed by atoms with Gasteiger partial charge in [0.15, 0.2) is 0 Å². The van der Waals surface area contributed by atoms with Crippen LogP contribution in [0.2, 0.25) is 0 Å². The largest absolute Gasteiger partial charge is 0.361 e. The summed E-state index contributed by atoms with van der Waals surface area (Å²) < 4.78 is 7.81. The lowest BCUT2D eigenvalue weighted by molar-refractivity contribution is 0.393. The van der Waals surface area contributed by atoms with E-state index < -0.39 is 0 Å². The van der Waals surface area contributed by atoms with E-state index >= 15 is 0 Å². The highest BCUT2D eigenvalue weighted by Crippen LogP contribution is 2.38. The first kappa shape index (κ1) is 24.8. The zero-order chi connectivity index (χ0) is 27.1. The van der Waals surface area contributed by atoms with Crippen molar-refractivity contribution in [3.05, 3.63) is 126 Å². The first-order valence-corrected chi connectivity index (χ1v) is 13.3. The quantitative estimate of drug-likeness (QED) is 0.233. The monoisotopic (exact) mass is 512 g/mol. The maximum Gasteiger partial charge on any atom is 0.141 e. The van der Waals surface area contributed by atoms with Crippen LogP contribution in [-0.2, 0) is 5.41 Å². The third-order valence-corrected chi connectivity index (χ3v) is 7.41. The molecular formula is C34H32N4O. The molecule has 0 saturated heterocycles. The zero-order valence-corrected chi connectivity index (χ0v) is 23.0. The van der Waals surface area contributed by atoms with E-state index in [-0.39, 0.29) is 11.5 Å². The van der Waals surface area contributed by atoms with Crippen molar-refractivity contribution >= 4 is 11.0 Å². The average Bonchev–Trinajstić information content (AvgIpc) is 3.48. The molecule has 194 valence electrons. The molecule has 0 N–H and O–H groups in total. The van der Waals surface area contributed by atoms with Gasteiger partial charge in [0.25, 0.3) is 0 Å². The second kappa shape index (κ2) is 9.66. The maximum atomic E-state index is 5.50. The number of nitrogens with zero attached hydrogens (tertiary/aromatic N) is 4. The van der Waals surface area contributed by atoms with Gasteiger partial charge < -0.3 is 9.09 Å². The minimum atomic E-state index is -0.126. The number of aromatic nitrogens is 4. The second-order valence-electron chi connectivity index (χ2n) is 11.1. The molecule has 0 aliphatic carbocycles. The number of hydrogen-bond donors (Lipinski definition) is 0. The standard InChI is InChI=1S/C34H32N4O/c1-22-31(23(2)39-37-22)26-19-30-32(36-20-26)28(24-14-16-27(17-15-24)34(3,4)5)21-38(30)33(25-11-7-6-8-12-25)29-13-9-10-18-35-29/h6-21,33H,1-5H3/t33-/m0/s1. The highest BCUT2D eigenvalue weighted by atomic mass is 16.5. The number of benzene rings is 2. The van der Waals surface area contributed by atoms with Crippen LogP contribution in [0, 0.1) is 13.8 Å². The van der Waals surface area contributed by atoms with Crippen LogP contribution >= 0.6 is 0 Å². The summed E-state index contributed by atoms with van der Waals surface area (Å²) in [5, 5.41) is 4.19. The molecule has 39 heavy (non-hydrogen) atoms. The third-order valence-electron chi connectivity index (χ3n) is 7.41. The van der Waals surface area contributed by atoms with E-state index in [0.29, 0.717) is 0 Å². The Labute approximate surface area is 229 Å². The Hall–Kier alpha value is -4.51. The summed E-state index contributed by atoms with van der Waals surface area (Å²) in [4.78, 5) is 9.84. The number of pyridine rings is 2. The minimum Gasteiger partial charge on any atom is -0.361 e. The van der Waals surface area contributed by atoms with Gasteiger partial charge in [0.2, 0.25) is 0 Å². The molecule has 0 unspecified atom stereocenters. The first-order valence-electron chi connectivity index (χ1n) is 13.3. The highest BCUT2D eigenvalue weighted by molar-refractivity contribution is 5.95. The van der Waals surface area contributed by atoms with Crippen LogP contribution in [-0.4, -0.2) is 19.7 Å². The van der Waals surface area contributed by atoms with E-state index in [4.69, 9.17) is 14.5 Å². The van der Waals surface area contributed by atoms with Crippen molar-refractivity contribution in [2.75, 3.05) is 0 Å². The van der Waals surface area contributed by atoms with Crippen molar-refractivity contribution in [3.63, 3.8) is 0 Å². The lowest BCUT2D eigenvalue weighted by atomic mass is 9.86. The van der Waals surface area contributed by atoms with Gasteiger partial charge in [-0.25, -0.2) is 0 Å². The van der Waals surface area contributed by atoms with Crippen molar-refractivity contribution < 1.29 is 4.52 Å². The number of rotatable bonds is 5. The van der Waals surface area contributed by atoms with Crippen molar-refractivity contribution in [1.29, 1.82) is 0 Å². The normalized spacial score (nSPS) is 12.6. The molecular weight excluding hydrogens is 480 g/mol. The number of hydrogen-bond acceptors (Lipinski definition) is 4. The summed E-state index contributed by atoms with van der Waals surface area (Å²) in [6, 6.07) is 27.6. The lowest BCUT2D eigenvalue weighted by Crippen LogP contribution is -2.13. The predicted octanol–water partition coefficient (Wildman–Crippen LogP) is 8.31. The Balaban J connectivity index is 1.62. The summed E-state index contributed by atoms with van der Waals surface area (Å²) in [7, 11) is 0. The van der Waals surface area contributed by atoms with Gasteiger partial charge in [0.05, 0.1) is 22.4 Å². The molecule has 0 saturated carbocycles. The topological polar surface area (TPSA) is 56.7 Å². The van der Waals surface area contributed by atoms with Crippen LogP contribution in [0.15, 0.2) is 102 Å². The molecule has 4 aromatic heterocycles. The van der Waals surface area contributed by atoms with Crippen molar-refractivity contribution in [3.8, 4) is 22.3 Å². The number of aryl methyl sites for hydroxylation is 2. The molecule has 5 heteroatoms. The molecule has 2 aromatic carbocycles.